The summed E-state index contributed by atoms with van der Waals surface area (Å²) in [6.07, 6.45) is 5.88. The number of piperidine rings is 1. The first kappa shape index (κ1) is 17.9. The van der Waals surface area contributed by atoms with Crippen molar-refractivity contribution in [3.63, 3.8) is 0 Å². The normalized spacial score (nSPS) is 20.9. The van der Waals surface area contributed by atoms with Crippen LogP contribution >= 0.6 is 0 Å². The molecule has 0 N–H and O–H groups in total. The second-order valence-corrected chi connectivity index (χ2v) is 7.23. The van der Waals surface area contributed by atoms with Gasteiger partial charge in [-0.2, -0.15) is 0 Å². The van der Waals surface area contributed by atoms with E-state index in [1.807, 2.05) is 4.90 Å². The van der Waals surface area contributed by atoms with Gasteiger partial charge in [0.15, 0.2) is 0 Å². The smallest absolute Gasteiger partial charge is 0.316 e. The molecule has 1 atom stereocenters. The van der Waals surface area contributed by atoms with Crippen molar-refractivity contribution in [2.75, 3.05) is 19.6 Å². The predicted molar refractivity (Wildman–Crippen MR) is 102 cm³/mol. The predicted octanol–water partition coefficient (Wildman–Crippen LogP) is 2.29. The number of aromatic nitrogens is 2. The third-order valence-corrected chi connectivity index (χ3v) is 5.60. The first-order valence-electron chi connectivity index (χ1n) is 9.78. The number of likely N-dealkylation sites (tertiary alicyclic amines) is 1. The van der Waals surface area contributed by atoms with E-state index < -0.39 is 0 Å². The van der Waals surface area contributed by atoms with Crippen molar-refractivity contribution >= 4 is 5.91 Å². The van der Waals surface area contributed by atoms with Crippen LogP contribution in [0.15, 0.2) is 42.7 Å². The molecule has 27 heavy (non-hydrogen) atoms. The number of carbonyl (C=O) groups excluding carboxylic acids is 1. The van der Waals surface area contributed by atoms with Crippen molar-refractivity contribution in [1.82, 2.24) is 19.8 Å². The number of carbonyl (C=O) groups is 1. The molecule has 1 fully saturated rings. The largest absolute Gasteiger partial charge is 0.460 e. The van der Waals surface area contributed by atoms with Gasteiger partial charge in [-0.05, 0) is 30.2 Å². The van der Waals surface area contributed by atoms with E-state index in [1.54, 1.807) is 18.5 Å². The third-order valence-electron chi connectivity index (χ3n) is 5.60. The second-order valence-electron chi connectivity index (χ2n) is 7.23. The molecule has 6 heteroatoms. The van der Waals surface area contributed by atoms with E-state index in [0.29, 0.717) is 6.01 Å². The lowest BCUT2D eigenvalue weighted by Crippen LogP contribution is -2.53. The minimum absolute atomic E-state index is 0.0557. The standard InChI is InChI=1S/C21H26N4O2/c1-2-24-15-17-7-4-3-6-16(17)14-19(24)20(26)25-12-8-18(9-13-25)27-21-22-10-5-11-23-21/h3-7,10-11,18-19H,2,8-9,12-15H2,1H3/t19-/m1/s1. The summed E-state index contributed by atoms with van der Waals surface area (Å²) in [5, 5.41) is 0. The molecule has 1 aromatic heterocycles. The van der Waals surface area contributed by atoms with Gasteiger partial charge in [-0.3, -0.25) is 9.69 Å². The van der Waals surface area contributed by atoms with Crippen molar-refractivity contribution < 1.29 is 9.53 Å². The van der Waals surface area contributed by atoms with Gasteiger partial charge in [0.05, 0.1) is 6.04 Å². The summed E-state index contributed by atoms with van der Waals surface area (Å²) in [6.45, 7) is 5.33. The van der Waals surface area contributed by atoms with E-state index >= 15 is 0 Å². The van der Waals surface area contributed by atoms with Crippen LogP contribution in [0.25, 0.3) is 0 Å². The zero-order valence-corrected chi connectivity index (χ0v) is 15.8. The average molecular weight is 366 g/mol. The Labute approximate surface area is 160 Å². The maximum absolute atomic E-state index is 13.2. The molecule has 2 aromatic rings. The van der Waals surface area contributed by atoms with Crippen LogP contribution in [0, 0.1) is 0 Å². The van der Waals surface area contributed by atoms with Gasteiger partial charge in [0.25, 0.3) is 0 Å². The summed E-state index contributed by atoms with van der Waals surface area (Å²) >= 11 is 0. The minimum atomic E-state index is -0.0557. The molecule has 0 saturated carbocycles. The molecule has 6 nitrogen and oxygen atoms in total. The lowest BCUT2D eigenvalue weighted by Gasteiger charge is -2.40. The molecule has 1 amide bonds. The van der Waals surface area contributed by atoms with Crippen LogP contribution in [0.1, 0.15) is 30.9 Å². The molecule has 142 valence electrons. The van der Waals surface area contributed by atoms with Gasteiger partial charge < -0.3 is 9.64 Å². The zero-order valence-electron chi connectivity index (χ0n) is 15.8. The highest BCUT2D eigenvalue weighted by atomic mass is 16.5. The van der Waals surface area contributed by atoms with Gasteiger partial charge in [0.2, 0.25) is 5.91 Å². The maximum Gasteiger partial charge on any atom is 0.316 e. The molecular weight excluding hydrogens is 340 g/mol. The lowest BCUT2D eigenvalue weighted by molar-refractivity contribution is -0.139. The first-order chi connectivity index (χ1) is 13.2. The quantitative estimate of drug-likeness (QED) is 0.831. The zero-order chi connectivity index (χ0) is 18.6. The number of benzene rings is 1. The Hall–Kier alpha value is -2.47. The molecule has 1 aromatic carbocycles. The van der Waals surface area contributed by atoms with E-state index in [4.69, 9.17) is 4.74 Å². The average Bonchev–Trinajstić information content (AvgIpc) is 2.73. The van der Waals surface area contributed by atoms with Gasteiger partial charge in [-0.15, -0.1) is 0 Å². The molecule has 4 rings (SSSR count). The van der Waals surface area contributed by atoms with Crippen LogP contribution in [0.5, 0.6) is 6.01 Å². The molecule has 3 heterocycles. The van der Waals surface area contributed by atoms with Gasteiger partial charge in [0, 0.05) is 44.9 Å². The summed E-state index contributed by atoms with van der Waals surface area (Å²) < 4.78 is 5.85. The number of fused-ring (bicyclic) bond motifs is 1. The Balaban J connectivity index is 1.37. The second kappa shape index (κ2) is 8.05. The molecule has 0 unspecified atom stereocenters. The van der Waals surface area contributed by atoms with Gasteiger partial charge >= 0.3 is 6.01 Å². The van der Waals surface area contributed by atoms with Gasteiger partial charge in [-0.1, -0.05) is 31.2 Å². The van der Waals surface area contributed by atoms with Gasteiger partial charge in [-0.25, -0.2) is 9.97 Å². The summed E-state index contributed by atoms with van der Waals surface area (Å²) in [7, 11) is 0. The number of likely N-dealkylation sites (N-methyl/N-ethyl adjacent to an activating group) is 1. The first-order valence-corrected chi connectivity index (χ1v) is 9.78. The lowest BCUT2D eigenvalue weighted by atomic mass is 9.92. The number of ether oxygens (including phenoxy) is 1. The molecule has 0 bridgehead atoms. The number of rotatable bonds is 4. The molecule has 1 saturated heterocycles. The fourth-order valence-corrected chi connectivity index (χ4v) is 4.05. The van der Waals surface area contributed by atoms with Crippen molar-refractivity contribution in [1.29, 1.82) is 0 Å². The molecular formula is C21H26N4O2. The van der Waals surface area contributed by atoms with E-state index in [-0.39, 0.29) is 18.1 Å². The van der Waals surface area contributed by atoms with E-state index in [2.05, 4.69) is 46.1 Å². The highest BCUT2D eigenvalue weighted by Crippen LogP contribution is 2.25. The monoisotopic (exact) mass is 366 g/mol. The molecule has 2 aliphatic heterocycles. The number of amides is 1. The Morgan fingerprint density at radius 1 is 1.11 bits per heavy atom. The van der Waals surface area contributed by atoms with E-state index in [1.165, 1.54) is 11.1 Å². The molecule has 2 aliphatic rings. The molecule has 0 radical (unpaired) electrons. The van der Waals surface area contributed by atoms with Crippen molar-refractivity contribution in [3.05, 3.63) is 53.9 Å². The Bertz CT molecular complexity index is 775. The maximum atomic E-state index is 13.2. The highest BCUT2D eigenvalue weighted by Gasteiger charge is 2.35. The van der Waals surface area contributed by atoms with Crippen LogP contribution in [-0.2, 0) is 17.8 Å². The Morgan fingerprint density at radius 2 is 1.81 bits per heavy atom. The SMILES string of the molecule is CCN1Cc2ccccc2C[C@@H]1C(=O)N1CCC(Oc2ncccn2)CC1. The van der Waals surface area contributed by atoms with Crippen LogP contribution in [0.4, 0.5) is 0 Å². The number of hydrogen-bond donors (Lipinski definition) is 0. The van der Waals surface area contributed by atoms with Gasteiger partial charge in [0.1, 0.15) is 6.10 Å². The summed E-state index contributed by atoms with van der Waals surface area (Å²) in [5.41, 5.74) is 2.65. The topological polar surface area (TPSA) is 58.6 Å². The van der Waals surface area contributed by atoms with E-state index in [9.17, 15) is 4.79 Å². The van der Waals surface area contributed by atoms with Crippen molar-refractivity contribution in [2.24, 2.45) is 0 Å². The van der Waals surface area contributed by atoms with Crippen LogP contribution in [-0.4, -0.2) is 57.5 Å². The van der Waals surface area contributed by atoms with Crippen molar-refractivity contribution in [2.45, 2.75) is 44.9 Å². The number of hydrogen-bond acceptors (Lipinski definition) is 5. The van der Waals surface area contributed by atoms with Crippen molar-refractivity contribution in [3.8, 4) is 6.01 Å². The van der Waals surface area contributed by atoms with E-state index in [0.717, 1.165) is 45.4 Å². The summed E-state index contributed by atoms with van der Waals surface area (Å²) in [6, 6.07) is 10.6. The fraction of sp³-hybridized carbons (Fsp3) is 0.476. The summed E-state index contributed by atoms with van der Waals surface area (Å²) in [4.78, 5) is 25.8. The Morgan fingerprint density at radius 3 is 2.52 bits per heavy atom. The minimum Gasteiger partial charge on any atom is -0.460 e. The third kappa shape index (κ3) is 3.95. The highest BCUT2D eigenvalue weighted by molar-refractivity contribution is 5.82. The fourth-order valence-electron chi connectivity index (χ4n) is 4.05. The van der Waals surface area contributed by atoms with Crippen LogP contribution in [0.2, 0.25) is 0 Å². The van der Waals surface area contributed by atoms with Crippen LogP contribution in [0.3, 0.4) is 0 Å². The van der Waals surface area contributed by atoms with Crippen LogP contribution < -0.4 is 4.74 Å². The molecule has 0 spiro atoms. The Kier molecular flexibility index (Phi) is 5.34. The summed E-state index contributed by atoms with van der Waals surface area (Å²) in [5.74, 6) is 0.251. The number of nitrogens with zero attached hydrogens (tertiary/aromatic N) is 4. The molecule has 0 aliphatic carbocycles.